The number of pyridine rings is 1. The van der Waals surface area contributed by atoms with Gasteiger partial charge in [0, 0.05) is 6.04 Å². The first kappa shape index (κ1) is 11.2. The average Bonchev–Trinajstić information content (AvgIpc) is 2.38. The molecule has 1 unspecified atom stereocenters. The largest absolute Gasteiger partial charge is 0.495 e. The maximum Gasteiger partial charge on any atom is 0.145 e. The fraction of sp³-hybridized carbons (Fsp3) is 0.583. The molecule has 2 heterocycles. The van der Waals surface area contributed by atoms with Crippen molar-refractivity contribution in [1.29, 1.82) is 0 Å². The Morgan fingerprint density at radius 1 is 1.19 bits per heavy atom. The minimum Gasteiger partial charge on any atom is -0.495 e. The van der Waals surface area contributed by atoms with Crippen molar-refractivity contribution in [3.05, 3.63) is 18.0 Å². The van der Waals surface area contributed by atoms with E-state index in [1.807, 2.05) is 0 Å². The minimum absolute atomic E-state index is 0.321. The predicted octanol–water partition coefficient (Wildman–Crippen LogP) is 1.91. The van der Waals surface area contributed by atoms with Crippen LogP contribution >= 0.6 is 0 Å². The van der Waals surface area contributed by atoms with Gasteiger partial charge in [0.05, 0.1) is 32.2 Å². The van der Waals surface area contributed by atoms with E-state index in [0.717, 1.165) is 30.0 Å². The highest BCUT2D eigenvalue weighted by Crippen LogP contribution is 2.36. The lowest BCUT2D eigenvalue weighted by atomic mass is 9.97. The van der Waals surface area contributed by atoms with Crippen molar-refractivity contribution in [2.24, 2.45) is 0 Å². The van der Waals surface area contributed by atoms with Crippen LogP contribution in [0.3, 0.4) is 0 Å². The molecule has 1 saturated heterocycles. The third kappa shape index (κ3) is 2.11. The molecular formula is C12H18N2O2. The summed E-state index contributed by atoms with van der Waals surface area (Å²) >= 11 is 0. The number of nitrogens with one attached hydrogen (secondary N) is 1. The highest BCUT2D eigenvalue weighted by molar-refractivity contribution is 5.44. The Morgan fingerprint density at radius 3 is 2.38 bits per heavy atom. The first-order chi connectivity index (χ1) is 7.86. The van der Waals surface area contributed by atoms with Crippen molar-refractivity contribution in [2.75, 3.05) is 20.8 Å². The fourth-order valence-electron chi connectivity index (χ4n) is 2.20. The van der Waals surface area contributed by atoms with Gasteiger partial charge >= 0.3 is 0 Å². The number of aromatic nitrogens is 1. The monoisotopic (exact) mass is 222 g/mol. The molecule has 88 valence electrons. The number of rotatable bonds is 3. The summed E-state index contributed by atoms with van der Waals surface area (Å²) in [5, 5.41) is 3.50. The second kappa shape index (κ2) is 5.16. The molecule has 1 aromatic heterocycles. The van der Waals surface area contributed by atoms with Crippen LogP contribution in [0.1, 0.15) is 30.9 Å². The first-order valence-corrected chi connectivity index (χ1v) is 5.66. The summed E-state index contributed by atoms with van der Waals surface area (Å²) in [5.74, 6) is 1.61. The molecule has 0 spiro atoms. The van der Waals surface area contributed by atoms with Gasteiger partial charge in [-0.15, -0.1) is 0 Å². The average molecular weight is 222 g/mol. The maximum absolute atomic E-state index is 5.36. The van der Waals surface area contributed by atoms with E-state index in [1.165, 1.54) is 12.8 Å². The van der Waals surface area contributed by atoms with E-state index in [9.17, 15) is 0 Å². The van der Waals surface area contributed by atoms with Gasteiger partial charge in [0.1, 0.15) is 11.5 Å². The molecular weight excluding hydrogens is 204 g/mol. The first-order valence-electron chi connectivity index (χ1n) is 5.66. The van der Waals surface area contributed by atoms with Crippen LogP contribution in [0.4, 0.5) is 0 Å². The molecule has 4 nitrogen and oxygen atoms in total. The number of nitrogens with zero attached hydrogens (tertiary/aromatic N) is 1. The zero-order valence-corrected chi connectivity index (χ0v) is 9.82. The Balaban J connectivity index is 2.34. The summed E-state index contributed by atoms with van der Waals surface area (Å²) in [4.78, 5) is 4.10. The Bertz CT molecular complexity index is 327. The van der Waals surface area contributed by atoms with Crippen LogP contribution in [0.5, 0.6) is 11.5 Å². The molecule has 1 N–H and O–H groups in total. The van der Waals surface area contributed by atoms with Gasteiger partial charge in [0.2, 0.25) is 0 Å². The highest BCUT2D eigenvalue weighted by atomic mass is 16.5. The molecule has 16 heavy (non-hydrogen) atoms. The second-order valence-corrected chi connectivity index (χ2v) is 3.96. The van der Waals surface area contributed by atoms with E-state index >= 15 is 0 Å². The zero-order valence-electron chi connectivity index (χ0n) is 9.82. The van der Waals surface area contributed by atoms with Gasteiger partial charge in [-0.2, -0.15) is 0 Å². The van der Waals surface area contributed by atoms with Crippen LogP contribution in [0.2, 0.25) is 0 Å². The quantitative estimate of drug-likeness (QED) is 0.848. The molecule has 0 amide bonds. The number of hydrogen-bond acceptors (Lipinski definition) is 4. The molecule has 0 aliphatic carbocycles. The summed E-state index contributed by atoms with van der Waals surface area (Å²) in [6, 6.07) is 0.321. The lowest BCUT2D eigenvalue weighted by Crippen LogP contribution is -2.27. The summed E-state index contributed by atoms with van der Waals surface area (Å²) in [5.41, 5.74) is 1.10. The number of methoxy groups -OCH3 is 2. The normalized spacial score (nSPS) is 20.5. The molecule has 1 aliphatic heterocycles. The number of ether oxygens (including phenoxy) is 2. The van der Waals surface area contributed by atoms with Crippen LogP contribution in [-0.2, 0) is 0 Å². The van der Waals surface area contributed by atoms with Crippen molar-refractivity contribution in [1.82, 2.24) is 10.3 Å². The van der Waals surface area contributed by atoms with Gasteiger partial charge in [-0.1, -0.05) is 6.42 Å². The molecule has 0 radical (unpaired) electrons. The van der Waals surface area contributed by atoms with Gasteiger partial charge in [0.25, 0.3) is 0 Å². The standard InChI is InChI=1S/C12H18N2O2/c1-15-10-7-13-8-11(16-2)12(10)9-5-3-4-6-14-9/h7-9,14H,3-6H2,1-2H3. The number of hydrogen-bond donors (Lipinski definition) is 1. The summed E-state index contributed by atoms with van der Waals surface area (Å²) in [6.45, 7) is 1.05. The van der Waals surface area contributed by atoms with Crippen LogP contribution in [0.15, 0.2) is 12.4 Å². The van der Waals surface area contributed by atoms with E-state index in [2.05, 4.69) is 10.3 Å². The topological polar surface area (TPSA) is 43.4 Å². The summed E-state index contributed by atoms with van der Waals surface area (Å²) in [6.07, 6.45) is 7.09. The SMILES string of the molecule is COc1cncc(OC)c1C1CCCCN1. The van der Waals surface area contributed by atoms with Gasteiger partial charge < -0.3 is 14.8 Å². The molecule has 0 saturated carbocycles. The zero-order chi connectivity index (χ0) is 11.4. The van der Waals surface area contributed by atoms with Gasteiger partial charge in [-0.05, 0) is 19.4 Å². The molecule has 1 fully saturated rings. The van der Waals surface area contributed by atoms with Crippen LogP contribution in [0, 0.1) is 0 Å². The molecule has 1 aromatic rings. The Kier molecular flexibility index (Phi) is 3.62. The Labute approximate surface area is 96.0 Å². The molecule has 0 aromatic carbocycles. The van der Waals surface area contributed by atoms with Crippen molar-refractivity contribution >= 4 is 0 Å². The smallest absolute Gasteiger partial charge is 0.145 e. The van der Waals surface area contributed by atoms with Gasteiger partial charge in [-0.3, -0.25) is 4.98 Å². The minimum atomic E-state index is 0.321. The third-order valence-electron chi connectivity index (χ3n) is 3.01. The van der Waals surface area contributed by atoms with Crippen LogP contribution < -0.4 is 14.8 Å². The van der Waals surface area contributed by atoms with Crippen molar-refractivity contribution < 1.29 is 9.47 Å². The molecule has 0 bridgehead atoms. The van der Waals surface area contributed by atoms with E-state index in [1.54, 1.807) is 26.6 Å². The highest BCUT2D eigenvalue weighted by Gasteiger charge is 2.22. The van der Waals surface area contributed by atoms with Gasteiger partial charge in [0.15, 0.2) is 0 Å². The fourth-order valence-corrected chi connectivity index (χ4v) is 2.20. The van der Waals surface area contributed by atoms with E-state index < -0.39 is 0 Å². The van der Waals surface area contributed by atoms with Crippen molar-refractivity contribution in [3.8, 4) is 11.5 Å². The second-order valence-electron chi connectivity index (χ2n) is 3.96. The van der Waals surface area contributed by atoms with Crippen LogP contribution in [0.25, 0.3) is 0 Å². The van der Waals surface area contributed by atoms with Crippen LogP contribution in [-0.4, -0.2) is 25.7 Å². The van der Waals surface area contributed by atoms with E-state index in [4.69, 9.17) is 9.47 Å². The summed E-state index contributed by atoms with van der Waals surface area (Å²) < 4.78 is 10.7. The van der Waals surface area contributed by atoms with Crippen molar-refractivity contribution in [3.63, 3.8) is 0 Å². The predicted molar refractivity (Wildman–Crippen MR) is 61.9 cm³/mol. The third-order valence-corrected chi connectivity index (χ3v) is 3.01. The lowest BCUT2D eigenvalue weighted by molar-refractivity contribution is 0.346. The van der Waals surface area contributed by atoms with Crippen molar-refractivity contribution in [2.45, 2.75) is 25.3 Å². The molecule has 4 heteroatoms. The Morgan fingerprint density at radius 2 is 1.88 bits per heavy atom. The lowest BCUT2D eigenvalue weighted by Gasteiger charge is -2.26. The van der Waals surface area contributed by atoms with Gasteiger partial charge in [-0.25, -0.2) is 0 Å². The van der Waals surface area contributed by atoms with E-state index in [0.29, 0.717) is 6.04 Å². The maximum atomic E-state index is 5.36. The molecule has 2 rings (SSSR count). The van der Waals surface area contributed by atoms with E-state index in [-0.39, 0.29) is 0 Å². The number of piperidine rings is 1. The Hall–Kier alpha value is -1.29. The summed E-state index contributed by atoms with van der Waals surface area (Å²) in [7, 11) is 3.34. The molecule has 1 atom stereocenters. The molecule has 1 aliphatic rings.